The molecule has 5 rings (SSSR count). The van der Waals surface area contributed by atoms with Crippen molar-refractivity contribution in [2.45, 2.75) is 6.54 Å². The highest BCUT2D eigenvalue weighted by molar-refractivity contribution is 7.15. The van der Waals surface area contributed by atoms with Gasteiger partial charge in [-0.25, -0.2) is 9.97 Å². The summed E-state index contributed by atoms with van der Waals surface area (Å²) in [5.74, 6) is 0.130. The number of benzene rings is 1. The van der Waals surface area contributed by atoms with Crippen LogP contribution in [0, 0.1) is 0 Å². The van der Waals surface area contributed by atoms with Gasteiger partial charge in [0.2, 0.25) is 5.91 Å². The minimum Gasteiger partial charge on any atom is -0.368 e. The van der Waals surface area contributed by atoms with Crippen LogP contribution in [0.25, 0.3) is 21.3 Å². The summed E-state index contributed by atoms with van der Waals surface area (Å²) in [6.45, 7) is 3.50. The quantitative estimate of drug-likeness (QED) is 0.474. The van der Waals surface area contributed by atoms with Crippen LogP contribution >= 0.6 is 22.7 Å². The molecule has 3 aromatic heterocycles. The largest absolute Gasteiger partial charge is 0.368 e. The number of thiazole rings is 1. The normalized spacial score (nSPS) is 14.3. The van der Waals surface area contributed by atoms with E-state index in [2.05, 4.69) is 45.6 Å². The van der Waals surface area contributed by atoms with Gasteiger partial charge in [-0.15, -0.1) is 22.7 Å². The Morgan fingerprint density at radius 3 is 2.57 bits per heavy atom. The van der Waals surface area contributed by atoms with Gasteiger partial charge in [0, 0.05) is 43.4 Å². The van der Waals surface area contributed by atoms with E-state index < -0.39 is 0 Å². The molecule has 0 saturated carbocycles. The van der Waals surface area contributed by atoms with Crippen LogP contribution in [0.4, 0.5) is 5.69 Å². The zero-order valence-corrected chi connectivity index (χ0v) is 18.0. The predicted molar refractivity (Wildman–Crippen MR) is 122 cm³/mol. The number of carbonyl (C=O) groups is 1. The molecule has 8 heteroatoms. The Labute approximate surface area is 183 Å². The molecule has 0 aliphatic carbocycles. The number of imidazole rings is 1. The molecule has 0 radical (unpaired) electrons. The van der Waals surface area contributed by atoms with E-state index >= 15 is 0 Å². The lowest BCUT2D eigenvalue weighted by Gasteiger charge is -2.36. The molecule has 4 heterocycles. The third-order valence-electron chi connectivity index (χ3n) is 5.20. The zero-order valence-electron chi connectivity index (χ0n) is 16.3. The third-order valence-corrected chi connectivity index (χ3v) is 6.96. The molecule has 152 valence electrons. The monoisotopic (exact) mass is 435 g/mol. The van der Waals surface area contributed by atoms with Gasteiger partial charge < -0.3 is 14.4 Å². The Kier molecular flexibility index (Phi) is 5.33. The lowest BCUT2D eigenvalue weighted by atomic mass is 10.2. The van der Waals surface area contributed by atoms with Crippen molar-refractivity contribution in [1.29, 1.82) is 0 Å². The van der Waals surface area contributed by atoms with Gasteiger partial charge in [-0.3, -0.25) is 4.79 Å². The van der Waals surface area contributed by atoms with E-state index in [1.54, 1.807) is 29.0 Å². The molecule has 0 atom stereocenters. The molecule has 1 fully saturated rings. The SMILES string of the molecule is O=C(Cn1cnc(-c2nc(-c3cccs3)cs2)c1)N1CCN(c2ccccc2)CC1. The summed E-state index contributed by atoms with van der Waals surface area (Å²) >= 11 is 3.26. The van der Waals surface area contributed by atoms with Crippen molar-refractivity contribution in [2.24, 2.45) is 0 Å². The fourth-order valence-corrected chi connectivity index (χ4v) is 5.14. The molecule has 1 aliphatic rings. The topological polar surface area (TPSA) is 54.3 Å². The lowest BCUT2D eigenvalue weighted by molar-refractivity contribution is -0.132. The Morgan fingerprint density at radius 1 is 0.967 bits per heavy atom. The van der Waals surface area contributed by atoms with Crippen LogP contribution in [0.15, 0.2) is 65.7 Å². The number of hydrogen-bond donors (Lipinski definition) is 0. The maximum atomic E-state index is 12.8. The van der Waals surface area contributed by atoms with Crippen LogP contribution in [-0.4, -0.2) is 51.5 Å². The molecule has 1 amide bonds. The van der Waals surface area contributed by atoms with Gasteiger partial charge in [-0.2, -0.15) is 0 Å². The molecule has 0 N–H and O–H groups in total. The summed E-state index contributed by atoms with van der Waals surface area (Å²) < 4.78 is 1.85. The molecule has 1 aliphatic heterocycles. The summed E-state index contributed by atoms with van der Waals surface area (Å²) in [7, 11) is 0. The number of rotatable bonds is 5. The maximum absolute atomic E-state index is 12.8. The van der Waals surface area contributed by atoms with E-state index in [9.17, 15) is 4.79 Å². The first kappa shape index (κ1) is 19.0. The van der Waals surface area contributed by atoms with E-state index in [4.69, 9.17) is 4.98 Å². The maximum Gasteiger partial charge on any atom is 0.242 e. The molecule has 0 bridgehead atoms. The average Bonchev–Trinajstić information content (AvgIpc) is 3.55. The number of carbonyl (C=O) groups excluding carboxylic acids is 1. The highest BCUT2D eigenvalue weighted by Crippen LogP contribution is 2.30. The molecule has 4 aromatic rings. The standard InChI is InChI=1S/C22H21N5OS2/c28-21(27-10-8-26(9-11-27)17-5-2-1-3-6-17)14-25-13-18(23-16-25)22-24-19(15-30-22)20-7-4-12-29-20/h1-7,12-13,15-16H,8-11,14H2. The van der Waals surface area contributed by atoms with Gasteiger partial charge >= 0.3 is 0 Å². The summed E-state index contributed by atoms with van der Waals surface area (Å²) in [4.78, 5) is 27.3. The number of thiophene rings is 1. The number of anilines is 1. The minimum atomic E-state index is 0.130. The van der Waals surface area contributed by atoms with E-state index in [1.807, 2.05) is 33.2 Å². The number of aromatic nitrogens is 3. The van der Waals surface area contributed by atoms with Crippen molar-refractivity contribution in [1.82, 2.24) is 19.4 Å². The van der Waals surface area contributed by atoms with Gasteiger partial charge in [-0.1, -0.05) is 24.3 Å². The van der Waals surface area contributed by atoms with Crippen molar-refractivity contribution in [3.8, 4) is 21.3 Å². The minimum absolute atomic E-state index is 0.130. The molecular weight excluding hydrogens is 414 g/mol. The van der Waals surface area contributed by atoms with Gasteiger partial charge in [0.05, 0.1) is 16.9 Å². The number of hydrogen-bond acceptors (Lipinski definition) is 6. The van der Waals surface area contributed by atoms with Crippen LogP contribution in [0.3, 0.4) is 0 Å². The van der Waals surface area contributed by atoms with Crippen molar-refractivity contribution < 1.29 is 4.79 Å². The Balaban J connectivity index is 1.19. The summed E-state index contributed by atoms with van der Waals surface area (Å²) in [6.07, 6.45) is 3.63. The Morgan fingerprint density at radius 2 is 1.80 bits per heavy atom. The van der Waals surface area contributed by atoms with Crippen molar-refractivity contribution >= 4 is 34.3 Å². The van der Waals surface area contributed by atoms with Gasteiger partial charge in [0.15, 0.2) is 0 Å². The summed E-state index contributed by atoms with van der Waals surface area (Å²) in [5, 5.41) is 4.98. The van der Waals surface area contributed by atoms with Crippen LogP contribution < -0.4 is 4.90 Å². The second-order valence-corrected chi connectivity index (χ2v) is 8.96. The Hall–Kier alpha value is -2.97. The number of nitrogens with zero attached hydrogens (tertiary/aromatic N) is 5. The number of piperazine rings is 1. The second kappa shape index (κ2) is 8.41. The number of amides is 1. The van der Waals surface area contributed by atoms with Crippen molar-refractivity contribution in [2.75, 3.05) is 31.1 Å². The molecule has 0 unspecified atom stereocenters. The van der Waals surface area contributed by atoms with Gasteiger partial charge in [0.25, 0.3) is 0 Å². The van der Waals surface area contributed by atoms with E-state index in [0.29, 0.717) is 6.54 Å². The first-order valence-corrected chi connectivity index (χ1v) is 11.6. The third kappa shape index (κ3) is 4.01. The zero-order chi connectivity index (χ0) is 20.3. The molecule has 1 saturated heterocycles. The molecule has 0 spiro atoms. The Bertz CT molecular complexity index is 1110. The highest BCUT2D eigenvalue weighted by Gasteiger charge is 2.21. The van der Waals surface area contributed by atoms with Crippen LogP contribution in [0.2, 0.25) is 0 Å². The van der Waals surface area contributed by atoms with E-state index in [1.165, 1.54) is 5.69 Å². The molecular formula is C22H21N5OS2. The van der Waals surface area contributed by atoms with Crippen LogP contribution in [0.1, 0.15) is 0 Å². The van der Waals surface area contributed by atoms with E-state index in [0.717, 1.165) is 47.5 Å². The highest BCUT2D eigenvalue weighted by atomic mass is 32.1. The number of para-hydroxylation sites is 1. The lowest BCUT2D eigenvalue weighted by Crippen LogP contribution is -2.49. The fraction of sp³-hybridized carbons (Fsp3) is 0.227. The predicted octanol–water partition coefficient (Wildman–Crippen LogP) is 4.08. The van der Waals surface area contributed by atoms with Crippen molar-refractivity contribution in [3.63, 3.8) is 0 Å². The van der Waals surface area contributed by atoms with E-state index in [-0.39, 0.29) is 5.91 Å². The molecule has 6 nitrogen and oxygen atoms in total. The average molecular weight is 436 g/mol. The van der Waals surface area contributed by atoms with Crippen LogP contribution in [-0.2, 0) is 11.3 Å². The van der Waals surface area contributed by atoms with Crippen LogP contribution in [0.5, 0.6) is 0 Å². The van der Waals surface area contributed by atoms with Crippen molar-refractivity contribution in [3.05, 3.63) is 65.7 Å². The smallest absolute Gasteiger partial charge is 0.242 e. The first-order valence-electron chi connectivity index (χ1n) is 9.85. The van der Waals surface area contributed by atoms with Gasteiger partial charge in [0.1, 0.15) is 17.2 Å². The summed E-state index contributed by atoms with van der Waals surface area (Å²) in [5.41, 5.74) is 3.01. The van der Waals surface area contributed by atoms with Gasteiger partial charge in [-0.05, 0) is 23.6 Å². The first-order chi connectivity index (χ1) is 14.8. The summed E-state index contributed by atoms with van der Waals surface area (Å²) in [6, 6.07) is 14.5. The molecule has 30 heavy (non-hydrogen) atoms. The second-order valence-electron chi connectivity index (χ2n) is 7.15. The fourth-order valence-electron chi connectivity index (χ4n) is 3.59. The molecule has 1 aromatic carbocycles.